The Morgan fingerprint density at radius 1 is 0.485 bits per heavy atom. The van der Waals surface area contributed by atoms with Crippen LogP contribution in [0.25, 0.3) is 0 Å². The van der Waals surface area contributed by atoms with E-state index in [0.717, 1.165) is 51.4 Å². The molecule has 0 bridgehead atoms. The number of unbranched alkanes of at least 4 members (excludes halogenated alkanes) is 15. The molecule has 33 heavy (non-hydrogen) atoms. The predicted molar refractivity (Wildman–Crippen MR) is 137 cm³/mol. The van der Waals surface area contributed by atoms with Crippen LogP contribution in [0, 0.1) is 11.8 Å². The summed E-state index contributed by atoms with van der Waals surface area (Å²) in [5.74, 6) is -0.168. The maximum atomic E-state index is 12.3. The van der Waals surface area contributed by atoms with Gasteiger partial charge in [-0.1, -0.05) is 110 Å². The van der Waals surface area contributed by atoms with Gasteiger partial charge in [0.1, 0.15) is 0 Å². The molecule has 4 nitrogen and oxygen atoms in total. The largest absolute Gasteiger partial charge is 0.465 e. The van der Waals surface area contributed by atoms with Gasteiger partial charge in [0, 0.05) is 0 Å². The normalized spacial score (nSPS) is 18.2. The molecule has 0 heterocycles. The van der Waals surface area contributed by atoms with Crippen molar-refractivity contribution < 1.29 is 19.1 Å². The minimum atomic E-state index is -0.0589. The Hall–Kier alpha value is -1.06. The zero-order valence-electron chi connectivity index (χ0n) is 22.1. The number of ether oxygens (including phenoxy) is 2. The fourth-order valence-corrected chi connectivity index (χ4v) is 4.79. The molecule has 0 aromatic rings. The topological polar surface area (TPSA) is 52.6 Å². The summed E-state index contributed by atoms with van der Waals surface area (Å²) in [6.07, 6.45) is 24.5. The lowest BCUT2D eigenvalue weighted by atomic mass is 9.82. The third-order valence-corrected chi connectivity index (χ3v) is 7.13. The Kier molecular flexibility index (Phi) is 19.5. The average molecular weight is 467 g/mol. The minimum Gasteiger partial charge on any atom is -0.465 e. The molecule has 1 aliphatic rings. The molecular formula is C29H54O4. The summed E-state index contributed by atoms with van der Waals surface area (Å²) >= 11 is 0. The molecule has 194 valence electrons. The fourth-order valence-electron chi connectivity index (χ4n) is 4.79. The maximum Gasteiger partial charge on any atom is 0.308 e. The number of carbonyl (C=O) groups is 2. The monoisotopic (exact) mass is 466 g/mol. The van der Waals surface area contributed by atoms with E-state index in [0.29, 0.717) is 13.2 Å². The Bertz CT molecular complexity index is 468. The Morgan fingerprint density at radius 2 is 0.758 bits per heavy atom. The minimum absolute atomic E-state index is 0.0270. The second kappa shape index (κ2) is 21.5. The van der Waals surface area contributed by atoms with Gasteiger partial charge in [0.15, 0.2) is 0 Å². The van der Waals surface area contributed by atoms with E-state index in [9.17, 15) is 9.59 Å². The molecular weight excluding hydrogens is 412 g/mol. The standard InChI is InChI=1S/C29H54O4/c1-3-5-7-9-11-12-13-14-15-17-19-25-33-29(31)27-22-20-26(21-23-27)28(30)32-24-18-16-10-8-6-4-2/h26-27H,3-25H2,1-2H3. The van der Waals surface area contributed by atoms with E-state index in [1.165, 1.54) is 83.5 Å². The first-order valence-electron chi connectivity index (χ1n) is 14.5. The molecule has 0 spiro atoms. The highest BCUT2D eigenvalue weighted by molar-refractivity contribution is 5.75. The molecule has 0 N–H and O–H groups in total. The van der Waals surface area contributed by atoms with Gasteiger partial charge in [-0.05, 0) is 38.5 Å². The second-order valence-electron chi connectivity index (χ2n) is 10.2. The van der Waals surface area contributed by atoms with Crippen LogP contribution in [-0.4, -0.2) is 25.2 Å². The quantitative estimate of drug-likeness (QED) is 0.126. The smallest absolute Gasteiger partial charge is 0.308 e. The molecule has 0 radical (unpaired) electrons. The average Bonchev–Trinajstić information content (AvgIpc) is 2.84. The SMILES string of the molecule is CCCCCCCCCCCCCOC(=O)C1CCC(C(=O)OCCCCCCCC)CC1. The molecule has 0 aromatic heterocycles. The van der Waals surface area contributed by atoms with Gasteiger partial charge in [-0.2, -0.15) is 0 Å². The summed E-state index contributed by atoms with van der Waals surface area (Å²) in [5, 5.41) is 0. The third-order valence-electron chi connectivity index (χ3n) is 7.13. The highest BCUT2D eigenvalue weighted by atomic mass is 16.5. The number of esters is 2. The van der Waals surface area contributed by atoms with Crippen molar-refractivity contribution in [1.29, 1.82) is 0 Å². The van der Waals surface area contributed by atoms with Gasteiger partial charge in [-0.25, -0.2) is 0 Å². The second-order valence-corrected chi connectivity index (χ2v) is 10.2. The van der Waals surface area contributed by atoms with E-state index in [1.54, 1.807) is 0 Å². The Balaban J connectivity index is 1.95. The first-order chi connectivity index (χ1) is 16.2. The molecule has 0 saturated heterocycles. The summed E-state index contributed by atoms with van der Waals surface area (Å²) < 4.78 is 11.0. The summed E-state index contributed by atoms with van der Waals surface area (Å²) in [7, 11) is 0. The first-order valence-corrected chi connectivity index (χ1v) is 14.5. The molecule has 0 atom stereocenters. The van der Waals surface area contributed by atoms with Gasteiger partial charge in [0.05, 0.1) is 25.0 Å². The van der Waals surface area contributed by atoms with Crippen molar-refractivity contribution in [3.63, 3.8) is 0 Å². The summed E-state index contributed by atoms with van der Waals surface area (Å²) in [6.45, 7) is 5.58. The van der Waals surface area contributed by atoms with Crippen LogP contribution in [0.1, 0.15) is 149 Å². The van der Waals surface area contributed by atoms with Crippen molar-refractivity contribution in [1.82, 2.24) is 0 Å². The fraction of sp³-hybridized carbons (Fsp3) is 0.931. The van der Waals surface area contributed by atoms with Crippen LogP contribution in [-0.2, 0) is 19.1 Å². The third kappa shape index (κ3) is 16.2. The van der Waals surface area contributed by atoms with Crippen LogP contribution < -0.4 is 0 Å². The molecule has 0 aromatic carbocycles. The molecule has 1 rings (SSSR count). The van der Waals surface area contributed by atoms with Gasteiger partial charge in [0.2, 0.25) is 0 Å². The molecule has 1 aliphatic carbocycles. The molecule has 1 fully saturated rings. The number of hydrogen-bond donors (Lipinski definition) is 0. The van der Waals surface area contributed by atoms with Crippen molar-refractivity contribution in [3.8, 4) is 0 Å². The van der Waals surface area contributed by atoms with Gasteiger partial charge in [-0.15, -0.1) is 0 Å². The van der Waals surface area contributed by atoms with E-state index in [1.807, 2.05) is 0 Å². The number of rotatable bonds is 21. The lowest BCUT2D eigenvalue weighted by Crippen LogP contribution is -2.28. The Morgan fingerprint density at radius 3 is 1.06 bits per heavy atom. The maximum absolute atomic E-state index is 12.3. The van der Waals surface area contributed by atoms with E-state index >= 15 is 0 Å². The molecule has 1 saturated carbocycles. The van der Waals surface area contributed by atoms with Gasteiger partial charge >= 0.3 is 11.9 Å². The molecule has 0 unspecified atom stereocenters. The van der Waals surface area contributed by atoms with Crippen molar-refractivity contribution in [2.45, 2.75) is 149 Å². The first kappa shape index (κ1) is 30.0. The van der Waals surface area contributed by atoms with Gasteiger partial charge in [0.25, 0.3) is 0 Å². The van der Waals surface area contributed by atoms with Gasteiger partial charge in [-0.3, -0.25) is 9.59 Å². The zero-order chi connectivity index (χ0) is 24.0. The van der Waals surface area contributed by atoms with E-state index in [-0.39, 0.29) is 23.8 Å². The van der Waals surface area contributed by atoms with Crippen LogP contribution in [0.4, 0.5) is 0 Å². The Labute approximate surface area is 205 Å². The molecule has 0 amide bonds. The van der Waals surface area contributed by atoms with Crippen molar-refractivity contribution in [2.24, 2.45) is 11.8 Å². The highest BCUT2D eigenvalue weighted by Crippen LogP contribution is 2.30. The summed E-state index contributed by atoms with van der Waals surface area (Å²) in [5.41, 5.74) is 0. The molecule has 4 heteroatoms. The van der Waals surface area contributed by atoms with E-state index in [2.05, 4.69) is 13.8 Å². The lowest BCUT2D eigenvalue weighted by Gasteiger charge is -2.26. The van der Waals surface area contributed by atoms with Crippen LogP contribution in [0.3, 0.4) is 0 Å². The van der Waals surface area contributed by atoms with Crippen LogP contribution in [0.5, 0.6) is 0 Å². The van der Waals surface area contributed by atoms with Crippen molar-refractivity contribution in [3.05, 3.63) is 0 Å². The predicted octanol–water partition coefficient (Wildman–Crippen LogP) is 8.55. The summed E-state index contributed by atoms with van der Waals surface area (Å²) in [4.78, 5) is 24.6. The van der Waals surface area contributed by atoms with Crippen LogP contribution >= 0.6 is 0 Å². The lowest BCUT2D eigenvalue weighted by molar-refractivity contribution is -0.155. The highest BCUT2D eigenvalue weighted by Gasteiger charge is 2.31. The van der Waals surface area contributed by atoms with E-state index < -0.39 is 0 Å². The van der Waals surface area contributed by atoms with Crippen molar-refractivity contribution in [2.75, 3.05) is 13.2 Å². The number of carbonyl (C=O) groups excluding carboxylic acids is 2. The van der Waals surface area contributed by atoms with Crippen LogP contribution in [0.15, 0.2) is 0 Å². The number of hydrogen-bond acceptors (Lipinski definition) is 4. The zero-order valence-corrected chi connectivity index (χ0v) is 22.1. The summed E-state index contributed by atoms with van der Waals surface area (Å²) in [6, 6.07) is 0. The van der Waals surface area contributed by atoms with Crippen LogP contribution in [0.2, 0.25) is 0 Å². The van der Waals surface area contributed by atoms with E-state index in [4.69, 9.17) is 9.47 Å². The van der Waals surface area contributed by atoms with Crippen molar-refractivity contribution >= 4 is 11.9 Å². The molecule has 0 aliphatic heterocycles. The van der Waals surface area contributed by atoms with Gasteiger partial charge < -0.3 is 9.47 Å².